The molecule has 0 radical (unpaired) electrons. The first-order valence-corrected chi connectivity index (χ1v) is 9.56. The Morgan fingerprint density at radius 2 is 1.50 bits per heavy atom. The third kappa shape index (κ3) is 15.6. The standard InChI is InChI=1S/C20H36O4/c1-4-6-13-17-23-19(21)15-11-9-7-8-10-12-16-20(22)24-18(3)14-5-2/h5,18H,2,4,6-17H2,1,3H3. The lowest BCUT2D eigenvalue weighted by molar-refractivity contribution is -0.148. The SMILES string of the molecule is C=CCC(C)OC(=O)CCCCCCCCC(=O)OCCCCC. The van der Waals surface area contributed by atoms with E-state index in [0.29, 0.717) is 25.9 Å². The Bertz CT molecular complexity index is 339. The molecule has 4 heteroatoms. The number of hydrogen-bond donors (Lipinski definition) is 0. The van der Waals surface area contributed by atoms with Crippen LogP contribution in [0.4, 0.5) is 0 Å². The van der Waals surface area contributed by atoms with Gasteiger partial charge in [0.2, 0.25) is 0 Å². The van der Waals surface area contributed by atoms with Gasteiger partial charge in [0.1, 0.15) is 6.10 Å². The fraction of sp³-hybridized carbons (Fsp3) is 0.800. The Labute approximate surface area is 148 Å². The van der Waals surface area contributed by atoms with Gasteiger partial charge in [0.25, 0.3) is 0 Å². The summed E-state index contributed by atoms with van der Waals surface area (Å²) in [6.45, 7) is 8.21. The topological polar surface area (TPSA) is 52.6 Å². The summed E-state index contributed by atoms with van der Waals surface area (Å²) in [6.07, 6.45) is 12.7. The summed E-state index contributed by atoms with van der Waals surface area (Å²) in [7, 11) is 0. The Hall–Kier alpha value is -1.32. The zero-order valence-electron chi connectivity index (χ0n) is 15.7. The van der Waals surface area contributed by atoms with E-state index in [-0.39, 0.29) is 18.0 Å². The average molecular weight is 341 g/mol. The van der Waals surface area contributed by atoms with Gasteiger partial charge in [-0.15, -0.1) is 6.58 Å². The number of ether oxygens (including phenoxy) is 2. The number of esters is 2. The van der Waals surface area contributed by atoms with E-state index in [4.69, 9.17) is 9.47 Å². The maximum atomic E-state index is 11.6. The van der Waals surface area contributed by atoms with Crippen molar-refractivity contribution in [1.82, 2.24) is 0 Å². The van der Waals surface area contributed by atoms with Crippen molar-refractivity contribution in [3.05, 3.63) is 12.7 Å². The van der Waals surface area contributed by atoms with Gasteiger partial charge >= 0.3 is 11.9 Å². The van der Waals surface area contributed by atoms with Crippen molar-refractivity contribution in [2.24, 2.45) is 0 Å². The number of rotatable bonds is 16. The summed E-state index contributed by atoms with van der Waals surface area (Å²) < 4.78 is 10.4. The third-order valence-corrected chi connectivity index (χ3v) is 3.85. The highest BCUT2D eigenvalue weighted by atomic mass is 16.5. The molecule has 0 saturated heterocycles. The van der Waals surface area contributed by atoms with Crippen LogP contribution >= 0.6 is 0 Å². The predicted octanol–water partition coefficient (Wildman–Crippen LogP) is 5.35. The molecule has 140 valence electrons. The lowest BCUT2D eigenvalue weighted by atomic mass is 10.1. The number of carbonyl (C=O) groups is 2. The summed E-state index contributed by atoms with van der Waals surface area (Å²) in [5.41, 5.74) is 0. The largest absolute Gasteiger partial charge is 0.466 e. The van der Waals surface area contributed by atoms with Crippen LogP contribution in [0.2, 0.25) is 0 Å². The van der Waals surface area contributed by atoms with Crippen LogP contribution in [-0.2, 0) is 19.1 Å². The van der Waals surface area contributed by atoms with E-state index in [0.717, 1.165) is 57.8 Å². The molecule has 0 fully saturated rings. The third-order valence-electron chi connectivity index (χ3n) is 3.85. The van der Waals surface area contributed by atoms with Crippen LogP contribution in [0.3, 0.4) is 0 Å². The second-order valence-corrected chi connectivity index (χ2v) is 6.37. The van der Waals surface area contributed by atoms with Crippen molar-refractivity contribution < 1.29 is 19.1 Å². The molecular formula is C20H36O4. The molecule has 0 aliphatic rings. The van der Waals surface area contributed by atoms with E-state index < -0.39 is 0 Å². The number of unbranched alkanes of at least 4 members (excludes halogenated alkanes) is 7. The molecule has 0 aromatic heterocycles. The molecule has 0 aromatic rings. The van der Waals surface area contributed by atoms with E-state index in [1.807, 2.05) is 6.92 Å². The van der Waals surface area contributed by atoms with Crippen LogP contribution < -0.4 is 0 Å². The van der Waals surface area contributed by atoms with Crippen molar-refractivity contribution in [2.75, 3.05) is 6.61 Å². The Kier molecular flexibility index (Phi) is 15.6. The Morgan fingerprint density at radius 1 is 0.917 bits per heavy atom. The molecule has 1 atom stereocenters. The van der Waals surface area contributed by atoms with Crippen LogP contribution in [0, 0.1) is 0 Å². The van der Waals surface area contributed by atoms with Crippen molar-refractivity contribution in [3.63, 3.8) is 0 Å². The molecule has 0 spiro atoms. The van der Waals surface area contributed by atoms with Gasteiger partial charge < -0.3 is 9.47 Å². The normalized spacial score (nSPS) is 11.8. The smallest absolute Gasteiger partial charge is 0.306 e. The van der Waals surface area contributed by atoms with Crippen LogP contribution in [0.1, 0.15) is 90.9 Å². The van der Waals surface area contributed by atoms with Crippen LogP contribution in [0.25, 0.3) is 0 Å². The van der Waals surface area contributed by atoms with Gasteiger partial charge in [-0.1, -0.05) is 51.5 Å². The maximum Gasteiger partial charge on any atom is 0.306 e. The van der Waals surface area contributed by atoms with E-state index in [9.17, 15) is 9.59 Å². The highest BCUT2D eigenvalue weighted by molar-refractivity contribution is 5.69. The molecule has 0 N–H and O–H groups in total. The fourth-order valence-corrected chi connectivity index (χ4v) is 2.42. The quantitative estimate of drug-likeness (QED) is 0.216. The maximum absolute atomic E-state index is 11.6. The highest BCUT2D eigenvalue weighted by Gasteiger charge is 2.07. The minimum atomic E-state index is -0.116. The van der Waals surface area contributed by atoms with Gasteiger partial charge in [-0.2, -0.15) is 0 Å². The summed E-state index contributed by atoms with van der Waals surface area (Å²) in [6, 6.07) is 0. The molecule has 0 aromatic carbocycles. The molecule has 0 rings (SSSR count). The molecule has 4 nitrogen and oxygen atoms in total. The minimum Gasteiger partial charge on any atom is -0.466 e. The van der Waals surface area contributed by atoms with Gasteiger partial charge in [-0.25, -0.2) is 0 Å². The first-order valence-electron chi connectivity index (χ1n) is 9.56. The molecule has 0 amide bonds. The van der Waals surface area contributed by atoms with Gasteiger partial charge in [-0.3, -0.25) is 9.59 Å². The van der Waals surface area contributed by atoms with Gasteiger partial charge in [0, 0.05) is 19.3 Å². The first-order chi connectivity index (χ1) is 11.6. The summed E-state index contributed by atoms with van der Waals surface area (Å²) >= 11 is 0. The average Bonchev–Trinajstić information content (AvgIpc) is 2.54. The summed E-state index contributed by atoms with van der Waals surface area (Å²) in [4.78, 5) is 23.0. The molecule has 0 aliphatic heterocycles. The summed E-state index contributed by atoms with van der Waals surface area (Å²) in [5, 5.41) is 0. The molecule has 24 heavy (non-hydrogen) atoms. The van der Waals surface area contributed by atoms with Crippen molar-refractivity contribution in [2.45, 2.75) is 97.0 Å². The van der Waals surface area contributed by atoms with E-state index >= 15 is 0 Å². The second kappa shape index (κ2) is 16.5. The number of carbonyl (C=O) groups excluding carboxylic acids is 2. The van der Waals surface area contributed by atoms with E-state index in [2.05, 4.69) is 13.5 Å². The number of hydrogen-bond acceptors (Lipinski definition) is 4. The molecular weight excluding hydrogens is 304 g/mol. The molecule has 1 unspecified atom stereocenters. The Balaban J connectivity index is 3.34. The van der Waals surface area contributed by atoms with Crippen LogP contribution in [0.15, 0.2) is 12.7 Å². The first kappa shape index (κ1) is 22.7. The zero-order chi connectivity index (χ0) is 18.0. The molecule has 0 bridgehead atoms. The molecule has 0 heterocycles. The lowest BCUT2D eigenvalue weighted by Crippen LogP contribution is -2.13. The predicted molar refractivity (Wildman–Crippen MR) is 97.8 cm³/mol. The van der Waals surface area contributed by atoms with Crippen molar-refractivity contribution in [1.29, 1.82) is 0 Å². The highest BCUT2D eigenvalue weighted by Crippen LogP contribution is 2.10. The summed E-state index contributed by atoms with van der Waals surface area (Å²) in [5.74, 6) is -0.183. The Morgan fingerprint density at radius 3 is 2.08 bits per heavy atom. The second-order valence-electron chi connectivity index (χ2n) is 6.37. The molecule has 0 aliphatic carbocycles. The van der Waals surface area contributed by atoms with E-state index in [1.165, 1.54) is 0 Å². The van der Waals surface area contributed by atoms with E-state index in [1.54, 1.807) is 6.08 Å². The fourth-order valence-electron chi connectivity index (χ4n) is 2.42. The monoisotopic (exact) mass is 340 g/mol. The van der Waals surface area contributed by atoms with Crippen molar-refractivity contribution >= 4 is 11.9 Å². The van der Waals surface area contributed by atoms with Gasteiger partial charge in [-0.05, 0) is 26.2 Å². The van der Waals surface area contributed by atoms with Gasteiger partial charge in [0.05, 0.1) is 6.61 Å². The minimum absolute atomic E-state index is 0.0671. The van der Waals surface area contributed by atoms with Crippen LogP contribution in [-0.4, -0.2) is 24.6 Å². The van der Waals surface area contributed by atoms with Gasteiger partial charge in [0.15, 0.2) is 0 Å². The van der Waals surface area contributed by atoms with Crippen molar-refractivity contribution in [3.8, 4) is 0 Å². The zero-order valence-corrected chi connectivity index (χ0v) is 15.7. The molecule has 0 saturated carbocycles. The van der Waals surface area contributed by atoms with Crippen LogP contribution in [0.5, 0.6) is 0 Å². The lowest BCUT2D eigenvalue weighted by Gasteiger charge is -2.10.